The molecule has 0 atom stereocenters. The number of Topliss-reactive ketones (excluding diaryl/α,β-unsaturated/α-hetero) is 2. The summed E-state index contributed by atoms with van der Waals surface area (Å²) in [6.45, 7) is 2.78. The number of phenolic OH excluding ortho intramolecular Hbond substituents is 2. The van der Waals surface area contributed by atoms with Crippen molar-refractivity contribution in [2.45, 2.75) is 13.8 Å². The highest BCUT2D eigenvalue weighted by molar-refractivity contribution is 5.98. The number of rotatable bonds is 4. The number of carbonyl (C=O) groups excluding carboxylic acids is 2. The number of aromatic hydroxyl groups is 2. The van der Waals surface area contributed by atoms with Crippen LogP contribution in [0.4, 0.5) is 0 Å². The third-order valence-electron chi connectivity index (χ3n) is 3.27. The van der Waals surface area contributed by atoms with E-state index in [2.05, 4.69) is 0 Å². The molecule has 0 aliphatic heterocycles. The number of phenols is 2. The van der Waals surface area contributed by atoms with E-state index in [1.54, 1.807) is 36.4 Å². The molecule has 0 radical (unpaired) electrons. The summed E-state index contributed by atoms with van der Waals surface area (Å²) in [5.41, 5.74) is 2.02. The lowest BCUT2D eigenvalue weighted by atomic mass is 10.0. The average Bonchev–Trinajstić information content (AvgIpc) is 2.47. The van der Waals surface area contributed by atoms with Crippen molar-refractivity contribution in [2.24, 2.45) is 0 Å². The van der Waals surface area contributed by atoms with Gasteiger partial charge in [-0.15, -0.1) is 0 Å². The number of carbonyl (C=O) groups is 2. The first kappa shape index (κ1) is 15.5. The summed E-state index contributed by atoms with van der Waals surface area (Å²) in [5.74, 6) is -0.520. The zero-order valence-electron chi connectivity index (χ0n) is 12.3. The van der Waals surface area contributed by atoms with Crippen LogP contribution in [0.25, 0.3) is 12.2 Å². The molecule has 0 fully saturated rings. The fraction of sp³-hybridized carbons (Fsp3) is 0.111. The SMILES string of the molecule is CC(=O)c1cc(/C=C\c2ccc(O)c(C(C)=O)c2)ccc1O. The van der Waals surface area contributed by atoms with Gasteiger partial charge in [-0.1, -0.05) is 24.3 Å². The zero-order chi connectivity index (χ0) is 16.3. The zero-order valence-corrected chi connectivity index (χ0v) is 12.3. The fourth-order valence-corrected chi connectivity index (χ4v) is 2.07. The maximum atomic E-state index is 11.4. The maximum absolute atomic E-state index is 11.4. The monoisotopic (exact) mass is 296 g/mol. The van der Waals surface area contributed by atoms with E-state index in [1.165, 1.54) is 26.0 Å². The Morgan fingerprint density at radius 1 is 0.773 bits per heavy atom. The molecule has 2 rings (SSSR count). The molecule has 0 heterocycles. The molecule has 0 saturated heterocycles. The molecule has 0 aromatic heterocycles. The highest BCUT2D eigenvalue weighted by Crippen LogP contribution is 2.22. The summed E-state index contributed by atoms with van der Waals surface area (Å²) in [6.07, 6.45) is 3.53. The average molecular weight is 296 g/mol. The molecule has 4 heteroatoms. The topological polar surface area (TPSA) is 74.6 Å². The molecule has 4 nitrogen and oxygen atoms in total. The van der Waals surface area contributed by atoms with Crippen LogP contribution >= 0.6 is 0 Å². The molecule has 0 aliphatic rings. The van der Waals surface area contributed by atoms with Gasteiger partial charge in [0.1, 0.15) is 11.5 Å². The molecule has 112 valence electrons. The largest absolute Gasteiger partial charge is 0.507 e. The van der Waals surface area contributed by atoms with Crippen LogP contribution in [0.1, 0.15) is 45.7 Å². The van der Waals surface area contributed by atoms with Crippen molar-refractivity contribution in [3.8, 4) is 11.5 Å². The number of hydrogen-bond acceptors (Lipinski definition) is 4. The van der Waals surface area contributed by atoms with Crippen LogP contribution in [0, 0.1) is 0 Å². The Morgan fingerprint density at radius 2 is 1.14 bits per heavy atom. The normalized spacial score (nSPS) is 10.8. The summed E-state index contributed by atoms with van der Waals surface area (Å²) in [4.78, 5) is 22.8. The van der Waals surface area contributed by atoms with E-state index in [0.29, 0.717) is 0 Å². The molecular weight excluding hydrogens is 280 g/mol. The van der Waals surface area contributed by atoms with Gasteiger partial charge in [-0.3, -0.25) is 9.59 Å². The van der Waals surface area contributed by atoms with Gasteiger partial charge < -0.3 is 10.2 Å². The second kappa shape index (κ2) is 6.26. The molecule has 0 saturated carbocycles. The number of hydrogen-bond donors (Lipinski definition) is 2. The third kappa shape index (κ3) is 3.41. The van der Waals surface area contributed by atoms with Gasteiger partial charge in [0, 0.05) is 0 Å². The van der Waals surface area contributed by atoms with Crippen molar-refractivity contribution in [3.63, 3.8) is 0 Å². The second-order valence-corrected chi connectivity index (χ2v) is 5.00. The Balaban J connectivity index is 2.33. The third-order valence-corrected chi connectivity index (χ3v) is 3.27. The molecule has 0 unspecified atom stereocenters. The first-order chi connectivity index (χ1) is 10.4. The Kier molecular flexibility index (Phi) is 4.41. The van der Waals surface area contributed by atoms with Gasteiger partial charge in [-0.25, -0.2) is 0 Å². The maximum Gasteiger partial charge on any atom is 0.163 e. The summed E-state index contributed by atoms with van der Waals surface area (Å²) < 4.78 is 0. The standard InChI is InChI=1S/C18H16O4/c1-11(19)15-9-13(5-7-17(15)21)3-4-14-6-8-18(22)16(10-14)12(2)20/h3-10,21-22H,1-2H3/b4-3-. The predicted octanol–water partition coefficient (Wildman–Crippen LogP) is 3.67. The molecule has 2 N–H and O–H groups in total. The molecule has 22 heavy (non-hydrogen) atoms. The van der Waals surface area contributed by atoms with Gasteiger partial charge in [0.15, 0.2) is 11.6 Å². The summed E-state index contributed by atoms with van der Waals surface area (Å²) in [6, 6.07) is 9.50. The lowest BCUT2D eigenvalue weighted by Crippen LogP contribution is -1.93. The van der Waals surface area contributed by atoms with E-state index >= 15 is 0 Å². The highest BCUT2D eigenvalue weighted by atomic mass is 16.3. The van der Waals surface area contributed by atoms with Crippen molar-refractivity contribution >= 4 is 23.7 Å². The summed E-state index contributed by atoms with van der Waals surface area (Å²) in [7, 11) is 0. The van der Waals surface area contributed by atoms with Gasteiger partial charge >= 0.3 is 0 Å². The molecule has 0 aliphatic carbocycles. The second-order valence-electron chi connectivity index (χ2n) is 5.00. The smallest absolute Gasteiger partial charge is 0.163 e. The van der Waals surface area contributed by atoms with Gasteiger partial charge in [-0.2, -0.15) is 0 Å². The van der Waals surface area contributed by atoms with Crippen molar-refractivity contribution in [1.82, 2.24) is 0 Å². The Hall–Kier alpha value is -2.88. The van der Waals surface area contributed by atoms with E-state index in [-0.39, 0.29) is 34.2 Å². The van der Waals surface area contributed by atoms with Crippen molar-refractivity contribution in [3.05, 3.63) is 58.7 Å². The quantitative estimate of drug-likeness (QED) is 0.666. The summed E-state index contributed by atoms with van der Waals surface area (Å²) >= 11 is 0. The minimum absolute atomic E-state index is 0.0480. The Labute approximate surface area is 128 Å². The molecule has 0 bridgehead atoms. The molecular formula is C18H16O4. The van der Waals surface area contributed by atoms with E-state index in [0.717, 1.165) is 11.1 Å². The van der Waals surface area contributed by atoms with Gasteiger partial charge in [0.2, 0.25) is 0 Å². The lowest BCUT2D eigenvalue weighted by Gasteiger charge is -2.03. The first-order valence-corrected chi connectivity index (χ1v) is 6.74. The molecule has 0 spiro atoms. The van der Waals surface area contributed by atoms with E-state index in [4.69, 9.17) is 0 Å². The minimum atomic E-state index is -0.212. The summed E-state index contributed by atoms with van der Waals surface area (Å²) in [5, 5.41) is 19.2. The van der Waals surface area contributed by atoms with Crippen molar-refractivity contribution < 1.29 is 19.8 Å². The Morgan fingerprint density at radius 3 is 1.45 bits per heavy atom. The van der Waals surface area contributed by atoms with Crippen LogP contribution in [0.3, 0.4) is 0 Å². The van der Waals surface area contributed by atoms with Gasteiger partial charge in [-0.05, 0) is 49.2 Å². The molecule has 0 amide bonds. The minimum Gasteiger partial charge on any atom is -0.507 e. The Bertz CT molecular complexity index is 707. The van der Waals surface area contributed by atoms with Crippen molar-refractivity contribution in [1.29, 1.82) is 0 Å². The molecule has 2 aromatic rings. The van der Waals surface area contributed by atoms with Crippen LogP contribution in [0.2, 0.25) is 0 Å². The highest BCUT2D eigenvalue weighted by Gasteiger charge is 2.07. The first-order valence-electron chi connectivity index (χ1n) is 6.74. The van der Waals surface area contributed by atoms with Crippen molar-refractivity contribution in [2.75, 3.05) is 0 Å². The predicted molar refractivity (Wildman–Crippen MR) is 85.2 cm³/mol. The van der Waals surface area contributed by atoms with Gasteiger partial charge in [0.05, 0.1) is 11.1 Å². The van der Waals surface area contributed by atoms with Crippen LogP contribution in [-0.4, -0.2) is 21.8 Å². The van der Waals surface area contributed by atoms with E-state index in [1.807, 2.05) is 0 Å². The van der Waals surface area contributed by atoms with E-state index in [9.17, 15) is 19.8 Å². The van der Waals surface area contributed by atoms with Crippen LogP contribution in [0.15, 0.2) is 36.4 Å². The van der Waals surface area contributed by atoms with Crippen LogP contribution in [-0.2, 0) is 0 Å². The fourth-order valence-electron chi connectivity index (χ4n) is 2.07. The van der Waals surface area contributed by atoms with Crippen LogP contribution in [0.5, 0.6) is 11.5 Å². The number of ketones is 2. The number of benzene rings is 2. The van der Waals surface area contributed by atoms with Gasteiger partial charge in [0.25, 0.3) is 0 Å². The lowest BCUT2D eigenvalue weighted by molar-refractivity contribution is 0.100. The van der Waals surface area contributed by atoms with Crippen LogP contribution < -0.4 is 0 Å². The molecule has 2 aromatic carbocycles. The van der Waals surface area contributed by atoms with E-state index < -0.39 is 0 Å².